The largest absolute Gasteiger partial charge is 0.377 e. The van der Waals surface area contributed by atoms with E-state index in [1.165, 1.54) is 6.07 Å². The van der Waals surface area contributed by atoms with Crippen LogP contribution in [0.5, 0.6) is 0 Å². The second-order valence-corrected chi connectivity index (χ2v) is 3.95. The average Bonchev–Trinajstić information content (AvgIpc) is 2.57. The van der Waals surface area contributed by atoms with Crippen molar-refractivity contribution in [3.05, 3.63) is 35.0 Å². The van der Waals surface area contributed by atoms with Gasteiger partial charge in [-0.15, -0.1) is 11.3 Å². The van der Waals surface area contributed by atoms with Crippen LogP contribution in [0.15, 0.2) is 23.6 Å². The van der Waals surface area contributed by atoms with Gasteiger partial charge in [-0.05, 0) is 35.4 Å². The Morgan fingerprint density at radius 3 is 3.07 bits per heavy atom. The molecular weight excluding hydrogens is 199 g/mol. The highest BCUT2D eigenvalue weighted by Gasteiger charge is 2.04. The van der Waals surface area contributed by atoms with Gasteiger partial charge in [-0.2, -0.15) is 0 Å². The van der Waals surface area contributed by atoms with Crippen molar-refractivity contribution in [3.8, 4) is 0 Å². The molecule has 0 spiro atoms. The Balaban J connectivity index is 2.37. The molecule has 1 nitrogen and oxygen atoms in total. The number of thiophene rings is 1. The van der Waals surface area contributed by atoms with Crippen LogP contribution in [0, 0.1) is 5.82 Å². The third-order valence-corrected chi connectivity index (χ3v) is 3.07. The molecule has 0 bridgehead atoms. The van der Waals surface area contributed by atoms with Crippen LogP contribution >= 0.6 is 11.3 Å². The molecule has 0 atom stereocenters. The lowest BCUT2D eigenvalue weighted by Gasteiger charge is -1.99. The molecule has 74 valence electrons. The summed E-state index contributed by atoms with van der Waals surface area (Å²) in [6, 6.07) is 4.87. The van der Waals surface area contributed by atoms with Crippen molar-refractivity contribution in [2.75, 3.05) is 6.61 Å². The smallest absolute Gasteiger partial charge is 0.124 e. The number of benzene rings is 1. The van der Waals surface area contributed by atoms with Crippen LogP contribution in [0.2, 0.25) is 0 Å². The van der Waals surface area contributed by atoms with Gasteiger partial charge in [0.1, 0.15) is 5.82 Å². The minimum absolute atomic E-state index is 0.178. The van der Waals surface area contributed by atoms with E-state index in [1.807, 2.05) is 18.4 Å². The van der Waals surface area contributed by atoms with Crippen molar-refractivity contribution >= 4 is 21.4 Å². The standard InChI is InChI=1S/C11H11FOS/c1-2-13-6-8-7-14-11-5-9(12)3-4-10(8)11/h3-5,7H,2,6H2,1H3. The van der Waals surface area contributed by atoms with Gasteiger partial charge in [0.2, 0.25) is 0 Å². The Labute approximate surface area is 86.1 Å². The summed E-state index contributed by atoms with van der Waals surface area (Å²) in [5.74, 6) is -0.178. The van der Waals surface area contributed by atoms with E-state index < -0.39 is 0 Å². The van der Waals surface area contributed by atoms with Crippen LogP contribution in [-0.4, -0.2) is 6.61 Å². The number of fused-ring (bicyclic) bond motifs is 1. The van der Waals surface area contributed by atoms with Crippen LogP contribution in [-0.2, 0) is 11.3 Å². The molecule has 1 aromatic heterocycles. The van der Waals surface area contributed by atoms with E-state index in [-0.39, 0.29) is 5.82 Å². The number of ether oxygens (including phenoxy) is 1. The highest BCUT2D eigenvalue weighted by Crippen LogP contribution is 2.27. The first-order valence-corrected chi connectivity index (χ1v) is 5.42. The maximum Gasteiger partial charge on any atom is 0.124 e. The van der Waals surface area contributed by atoms with Crippen molar-refractivity contribution in [1.29, 1.82) is 0 Å². The van der Waals surface area contributed by atoms with Gasteiger partial charge < -0.3 is 4.74 Å². The minimum Gasteiger partial charge on any atom is -0.377 e. The molecule has 0 unspecified atom stereocenters. The van der Waals surface area contributed by atoms with Crippen LogP contribution in [0.4, 0.5) is 4.39 Å². The first-order chi connectivity index (χ1) is 6.81. The number of rotatable bonds is 3. The quantitative estimate of drug-likeness (QED) is 0.752. The van der Waals surface area contributed by atoms with E-state index in [0.29, 0.717) is 13.2 Å². The van der Waals surface area contributed by atoms with Crippen molar-refractivity contribution in [2.24, 2.45) is 0 Å². The summed E-state index contributed by atoms with van der Waals surface area (Å²) >= 11 is 1.56. The molecule has 0 saturated heterocycles. The number of hydrogen-bond donors (Lipinski definition) is 0. The first-order valence-electron chi connectivity index (χ1n) is 4.54. The fraction of sp³-hybridized carbons (Fsp3) is 0.273. The van der Waals surface area contributed by atoms with Crippen molar-refractivity contribution < 1.29 is 9.13 Å². The molecule has 3 heteroatoms. The van der Waals surface area contributed by atoms with E-state index >= 15 is 0 Å². The van der Waals surface area contributed by atoms with Crippen LogP contribution in [0.1, 0.15) is 12.5 Å². The van der Waals surface area contributed by atoms with Crippen molar-refractivity contribution in [1.82, 2.24) is 0 Å². The third-order valence-electron chi connectivity index (χ3n) is 2.08. The fourth-order valence-corrected chi connectivity index (χ4v) is 2.35. The Hall–Kier alpha value is -0.930. The number of halogens is 1. The van der Waals surface area contributed by atoms with Gasteiger partial charge in [-0.3, -0.25) is 0 Å². The normalized spacial score (nSPS) is 11.0. The SMILES string of the molecule is CCOCc1csc2cc(F)ccc12. The van der Waals surface area contributed by atoms with Gasteiger partial charge in [-0.1, -0.05) is 6.07 Å². The second kappa shape index (κ2) is 4.07. The Kier molecular flexibility index (Phi) is 2.79. The van der Waals surface area contributed by atoms with Gasteiger partial charge in [0, 0.05) is 11.3 Å². The fourth-order valence-electron chi connectivity index (χ4n) is 1.38. The molecule has 14 heavy (non-hydrogen) atoms. The van der Waals surface area contributed by atoms with E-state index in [1.54, 1.807) is 17.4 Å². The number of hydrogen-bond acceptors (Lipinski definition) is 2. The predicted molar refractivity (Wildman–Crippen MR) is 57.1 cm³/mol. The summed E-state index contributed by atoms with van der Waals surface area (Å²) in [4.78, 5) is 0. The molecule has 0 aliphatic rings. The maximum atomic E-state index is 12.9. The van der Waals surface area contributed by atoms with E-state index in [2.05, 4.69) is 0 Å². The monoisotopic (exact) mass is 210 g/mol. The summed E-state index contributed by atoms with van der Waals surface area (Å²) in [7, 11) is 0. The molecule has 0 aliphatic heterocycles. The summed E-state index contributed by atoms with van der Waals surface area (Å²) in [5.41, 5.74) is 1.15. The predicted octanol–water partition coefficient (Wildman–Crippen LogP) is 3.58. The molecule has 0 aliphatic carbocycles. The molecule has 2 rings (SSSR count). The lowest BCUT2D eigenvalue weighted by Crippen LogP contribution is -1.89. The Morgan fingerprint density at radius 1 is 1.43 bits per heavy atom. The third kappa shape index (κ3) is 1.79. The molecule has 0 amide bonds. The van der Waals surface area contributed by atoms with Gasteiger partial charge in [0.15, 0.2) is 0 Å². The lowest BCUT2D eigenvalue weighted by molar-refractivity contribution is 0.135. The van der Waals surface area contributed by atoms with Gasteiger partial charge >= 0.3 is 0 Å². The summed E-state index contributed by atoms with van der Waals surface area (Å²) in [6.45, 7) is 3.29. The maximum absolute atomic E-state index is 12.9. The molecular formula is C11H11FOS. The lowest BCUT2D eigenvalue weighted by atomic mass is 10.2. The molecule has 0 fully saturated rings. The Morgan fingerprint density at radius 2 is 2.29 bits per heavy atom. The summed E-state index contributed by atoms with van der Waals surface area (Å²) in [6.07, 6.45) is 0. The van der Waals surface area contributed by atoms with Crippen molar-refractivity contribution in [2.45, 2.75) is 13.5 Å². The highest BCUT2D eigenvalue weighted by molar-refractivity contribution is 7.17. The van der Waals surface area contributed by atoms with Crippen LogP contribution in [0.3, 0.4) is 0 Å². The van der Waals surface area contributed by atoms with E-state index in [0.717, 1.165) is 15.6 Å². The highest BCUT2D eigenvalue weighted by atomic mass is 32.1. The minimum atomic E-state index is -0.178. The zero-order chi connectivity index (χ0) is 9.97. The molecule has 2 aromatic rings. The topological polar surface area (TPSA) is 9.23 Å². The molecule has 0 N–H and O–H groups in total. The van der Waals surface area contributed by atoms with Crippen LogP contribution < -0.4 is 0 Å². The molecule has 1 aromatic carbocycles. The zero-order valence-corrected chi connectivity index (χ0v) is 8.73. The zero-order valence-electron chi connectivity index (χ0n) is 7.92. The van der Waals surface area contributed by atoms with Gasteiger partial charge in [0.25, 0.3) is 0 Å². The Bertz CT molecular complexity index is 436. The average molecular weight is 210 g/mol. The van der Waals surface area contributed by atoms with Crippen LogP contribution in [0.25, 0.3) is 10.1 Å². The van der Waals surface area contributed by atoms with E-state index in [9.17, 15) is 4.39 Å². The van der Waals surface area contributed by atoms with Gasteiger partial charge in [-0.25, -0.2) is 4.39 Å². The second-order valence-electron chi connectivity index (χ2n) is 3.04. The molecule has 1 heterocycles. The molecule has 0 radical (unpaired) electrons. The van der Waals surface area contributed by atoms with Gasteiger partial charge in [0.05, 0.1) is 6.61 Å². The molecule has 0 saturated carbocycles. The van der Waals surface area contributed by atoms with E-state index in [4.69, 9.17) is 4.74 Å². The summed E-state index contributed by atoms with van der Waals surface area (Å²) in [5, 5.41) is 3.13. The van der Waals surface area contributed by atoms with Crippen molar-refractivity contribution in [3.63, 3.8) is 0 Å². The summed E-state index contributed by atoms with van der Waals surface area (Å²) < 4.78 is 19.2. The first kappa shape index (κ1) is 9.62.